The van der Waals surface area contributed by atoms with Crippen molar-refractivity contribution in [2.24, 2.45) is 11.8 Å². The maximum Gasteiger partial charge on any atom is 0.242 e. The van der Waals surface area contributed by atoms with Gasteiger partial charge in [0.1, 0.15) is 4.90 Å². The van der Waals surface area contributed by atoms with Crippen molar-refractivity contribution in [3.8, 4) is 0 Å². The van der Waals surface area contributed by atoms with Crippen molar-refractivity contribution in [3.63, 3.8) is 0 Å². The molecule has 112 valence electrons. The first kappa shape index (κ1) is 15.3. The molecule has 2 N–H and O–H groups in total. The van der Waals surface area contributed by atoms with Crippen molar-refractivity contribution >= 4 is 15.7 Å². The molecule has 5 heteroatoms. The van der Waals surface area contributed by atoms with Crippen molar-refractivity contribution in [2.75, 3.05) is 12.4 Å². The molecule has 0 saturated heterocycles. The number of para-hydroxylation sites is 1. The Morgan fingerprint density at radius 3 is 2.25 bits per heavy atom. The minimum Gasteiger partial charge on any atom is -0.381 e. The molecule has 1 saturated carbocycles. The summed E-state index contributed by atoms with van der Waals surface area (Å²) in [5.41, 5.74) is 0.702. The average Bonchev–Trinajstić information content (AvgIpc) is 2.38. The van der Waals surface area contributed by atoms with Gasteiger partial charge in [-0.2, -0.15) is 0 Å². The van der Waals surface area contributed by atoms with Gasteiger partial charge in [0.05, 0.1) is 5.69 Å². The van der Waals surface area contributed by atoms with Crippen molar-refractivity contribution in [3.05, 3.63) is 24.3 Å². The molecule has 0 aliphatic heterocycles. The second-order valence-electron chi connectivity index (χ2n) is 5.96. The third-order valence-electron chi connectivity index (χ3n) is 3.98. The van der Waals surface area contributed by atoms with Crippen LogP contribution in [0.2, 0.25) is 0 Å². The predicted octanol–water partition coefficient (Wildman–Crippen LogP) is 2.83. The zero-order chi connectivity index (χ0) is 14.8. The molecule has 1 aliphatic rings. The van der Waals surface area contributed by atoms with E-state index in [4.69, 9.17) is 0 Å². The van der Waals surface area contributed by atoms with Gasteiger partial charge in [-0.05, 0) is 50.3 Å². The normalized spacial score (nSPS) is 27.2. The van der Waals surface area contributed by atoms with E-state index in [9.17, 15) is 8.42 Å². The van der Waals surface area contributed by atoms with Gasteiger partial charge >= 0.3 is 0 Å². The van der Waals surface area contributed by atoms with Crippen LogP contribution in [0.15, 0.2) is 29.2 Å². The molecule has 0 amide bonds. The predicted molar refractivity (Wildman–Crippen MR) is 82.3 cm³/mol. The lowest BCUT2D eigenvalue weighted by Gasteiger charge is -2.33. The third-order valence-corrected chi connectivity index (χ3v) is 5.46. The highest BCUT2D eigenvalue weighted by atomic mass is 32.2. The maximum absolute atomic E-state index is 12.0. The molecule has 20 heavy (non-hydrogen) atoms. The topological polar surface area (TPSA) is 58.2 Å². The Bertz CT molecular complexity index is 547. The fourth-order valence-electron chi connectivity index (χ4n) is 3.21. The lowest BCUT2D eigenvalue weighted by Crippen LogP contribution is -2.31. The zero-order valence-corrected chi connectivity index (χ0v) is 13.2. The van der Waals surface area contributed by atoms with Crippen molar-refractivity contribution < 1.29 is 8.42 Å². The van der Waals surface area contributed by atoms with Crippen molar-refractivity contribution in [1.82, 2.24) is 4.72 Å². The fourth-order valence-corrected chi connectivity index (χ4v) is 4.11. The van der Waals surface area contributed by atoms with E-state index in [0.29, 0.717) is 28.5 Å². The fraction of sp³-hybridized carbons (Fsp3) is 0.600. The molecule has 2 atom stereocenters. The number of nitrogens with one attached hydrogen (secondary N) is 2. The highest BCUT2D eigenvalue weighted by Crippen LogP contribution is 2.31. The minimum atomic E-state index is -3.42. The number of sulfonamides is 1. The Kier molecular flexibility index (Phi) is 4.70. The van der Waals surface area contributed by atoms with Gasteiger partial charge in [0.15, 0.2) is 0 Å². The molecule has 2 rings (SSSR count). The molecule has 4 nitrogen and oxygen atoms in total. The number of hydrogen-bond donors (Lipinski definition) is 2. The average molecular weight is 296 g/mol. The van der Waals surface area contributed by atoms with Gasteiger partial charge in [0.2, 0.25) is 10.0 Å². The Balaban J connectivity index is 2.22. The smallest absolute Gasteiger partial charge is 0.242 e. The first-order valence-corrected chi connectivity index (χ1v) is 8.69. The Labute approximate surface area is 122 Å². The van der Waals surface area contributed by atoms with Gasteiger partial charge in [0.25, 0.3) is 0 Å². The molecule has 0 heterocycles. The summed E-state index contributed by atoms with van der Waals surface area (Å²) in [5.74, 6) is 1.37. The summed E-state index contributed by atoms with van der Waals surface area (Å²) >= 11 is 0. The maximum atomic E-state index is 12.0. The second-order valence-corrected chi connectivity index (χ2v) is 7.82. The van der Waals surface area contributed by atoms with Crippen LogP contribution in [0.25, 0.3) is 0 Å². The number of rotatable bonds is 4. The van der Waals surface area contributed by atoms with E-state index in [2.05, 4.69) is 23.9 Å². The van der Waals surface area contributed by atoms with E-state index in [1.807, 2.05) is 12.1 Å². The molecule has 1 aromatic carbocycles. The lowest BCUT2D eigenvalue weighted by atomic mass is 9.80. The molecule has 2 unspecified atom stereocenters. The summed E-state index contributed by atoms with van der Waals surface area (Å²) in [4.78, 5) is 0.327. The van der Waals surface area contributed by atoms with Gasteiger partial charge < -0.3 is 5.32 Å². The zero-order valence-electron chi connectivity index (χ0n) is 12.4. The van der Waals surface area contributed by atoms with Crippen LogP contribution in [0.5, 0.6) is 0 Å². The monoisotopic (exact) mass is 296 g/mol. The largest absolute Gasteiger partial charge is 0.381 e. The van der Waals surface area contributed by atoms with Gasteiger partial charge in [-0.1, -0.05) is 26.0 Å². The van der Waals surface area contributed by atoms with Crippen LogP contribution in [0, 0.1) is 11.8 Å². The summed E-state index contributed by atoms with van der Waals surface area (Å²) in [7, 11) is -1.98. The van der Waals surface area contributed by atoms with Crippen molar-refractivity contribution in [1.29, 1.82) is 0 Å². The van der Waals surface area contributed by atoms with Crippen LogP contribution in [0.1, 0.15) is 33.1 Å². The van der Waals surface area contributed by atoms with Crippen LogP contribution in [0.4, 0.5) is 5.69 Å². The lowest BCUT2D eigenvalue weighted by molar-refractivity contribution is 0.280. The first-order valence-electron chi connectivity index (χ1n) is 7.21. The minimum absolute atomic E-state index is 0.327. The standard InChI is InChI=1S/C15H24N2O2S/c1-11-8-12(2)10-13(9-11)17-14-6-4-5-7-15(14)20(18,19)16-3/h4-7,11-13,16-17H,8-10H2,1-3H3. The number of hydrogen-bond acceptors (Lipinski definition) is 3. The second kappa shape index (κ2) is 6.14. The van der Waals surface area contributed by atoms with Crippen molar-refractivity contribution in [2.45, 2.75) is 44.0 Å². The Morgan fingerprint density at radius 2 is 1.65 bits per heavy atom. The Hall–Kier alpha value is -1.07. The Morgan fingerprint density at radius 1 is 1.05 bits per heavy atom. The quantitative estimate of drug-likeness (QED) is 0.898. The summed E-state index contributed by atoms with van der Waals surface area (Å²) in [6.07, 6.45) is 3.45. The highest BCUT2D eigenvalue weighted by molar-refractivity contribution is 7.89. The SMILES string of the molecule is CNS(=O)(=O)c1ccccc1NC1CC(C)CC(C)C1. The molecule has 1 aromatic rings. The first-order chi connectivity index (χ1) is 9.42. The van der Waals surface area contributed by atoms with Crippen LogP contribution < -0.4 is 10.0 Å². The van der Waals surface area contributed by atoms with E-state index >= 15 is 0 Å². The molecule has 0 radical (unpaired) electrons. The molecule has 0 spiro atoms. The van der Waals surface area contributed by atoms with E-state index in [-0.39, 0.29) is 0 Å². The summed E-state index contributed by atoms with van der Waals surface area (Å²) in [6, 6.07) is 7.45. The van der Waals surface area contributed by atoms with E-state index in [1.54, 1.807) is 12.1 Å². The summed E-state index contributed by atoms with van der Waals surface area (Å²) in [6.45, 7) is 4.53. The van der Waals surface area contributed by atoms with Crippen LogP contribution in [-0.4, -0.2) is 21.5 Å². The van der Waals surface area contributed by atoms with Crippen LogP contribution >= 0.6 is 0 Å². The van der Waals surface area contributed by atoms with Gasteiger partial charge in [-0.15, -0.1) is 0 Å². The van der Waals surface area contributed by atoms with E-state index < -0.39 is 10.0 Å². The third kappa shape index (κ3) is 3.52. The van der Waals surface area contributed by atoms with Crippen LogP contribution in [-0.2, 0) is 10.0 Å². The van der Waals surface area contributed by atoms with E-state index in [1.165, 1.54) is 13.5 Å². The van der Waals surface area contributed by atoms with E-state index in [0.717, 1.165) is 12.8 Å². The van der Waals surface area contributed by atoms with Crippen LogP contribution in [0.3, 0.4) is 0 Å². The molecular formula is C15H24N2O2S. The highest BCUT2D eigenvalue weighted by Gasteiger charge is 2.25. The summed E-state index contributed by atoms with van der Waals surface area (Å²) in [5, 5.41) is 3.43. The molecule has 0 aromatic heterocycles. The van der Waals surface area contributed by atoms with Gasteiger partial charge in [0, 0.05) is 6.04 Å². The summed E-state index contributed by atoms with van der Waals surface area (Å²) < 4.78 is 26.5. The number of benzene rings is 1. The molecule has 0 bridgehead atoms. The molecule has 1 fully saturated rings. The van der Waals surface area contributed by atoms with Gasteiger partial charge in [-0.25, -0.2) is 13.1 Å². The molecule has 1 aliphatic carbocycles. The number of anilines is 1. The van der Waals surface area contributed by atoms with Gasteiger partial charge in [-0.3, -0.25) is 0 Å². The molecular weight excluding hydrogens is 272 g/mol.